The van der Waals surface area contributed by atoms with E-state index >= 15 is 0 Å². The number of hydrogen-bond donors (Lipinski definition) is 1. The molecule has 0 spiro atoms. The average Bonchev–Trinajstić information content (AvgIpc) is 2.40. The minimum atomic E-state index is -4.64. The largest absolute Gasteiger partial charge is 0.418 e. The number of benzene rings is 1. The van der Waals surface area contributed by atoms with Crippen LogP contribution in [0, 0.1) is 0 Å². The molecule has 2 aromatic rings. The molecule has 110 valence electrons. The first kappa shape index (κ1) is 15.6. The standard InChI is InChI=1S/C13H7Cl2F3N2O/c14-9-3-1-2-8(13(16,17)18)11(9)20-12(21)7-4-5-19-6-10(7)15/h1-6H,(H,20,21). The Morgan fingerprint density at radius 3 is 2.48 bits per heavy atom. The number of pyridine rings is 1. The predicted octanol–water partition coefficient (Wildman–Crippen LogP) is 4.66. The number of para-hydroxylation sites is 1. The summed E-state index contributed by atoms with van der Waals surface area (Å²) in [5.74, 6) is -0.805. The third kappa shape index (κ3) is 3.46. The van der Waals surface area contributed by atoms with Gasteiger partial charge in [0, 0.05) is 12.4 Å². The Morgan fingerprint density at radius 1 is 1.14 bits per heavy atom. The summed E-state index contributed by atoms with van der Waals surface area (Å²) in [6.07, 6.45) is -2.12. The highest BCUT2D eigenvalue weighted by Gasteiger charge is 2.35. The van der Waals surface area contributed by atoms with Gasteiger partial charge >= 0.3 is 6.18 Å². The van der Waals surface area contributed by atoms with Crippen LogP contribution in [0.15, 0.2) is 36.7 Å². The van der Waals surface area contributed by atoms with Crippen LogP contribution >= 0.6 is 23.2 Å². The SMILES string of the molecule is O=C(Nc1c(Cl)cccc1C(F)(F)F)c1ccncc1Cl. The summed E-state index contributed by atoms with van der Waals surface area (Å²) in [6.45, 7) is 0. The van der Waals surface area contributed by atoms with Gasteiger partial charge in [0.25, 0.3) is 5.91 Å². The lowest BCUT2D eigenvalue weighted by atomic mass is 10.1. The lowest BCUT2D eigenvalue weighted by Gasteiger charge is -2.15. The van der Waals surface area contributed by atoms with Crippen LogP contribution < -0.4 is 5.32 Å². The van der Waals surface area contributed by atoms with Gasteiger partial charge in [0.2, 0.25) is 0 Å². The molecule has 0 aliphatic heterocycles. The van der Waals surface area contributed by atoms with Crippen molar-refractivity contribution in [3.63, 3.8) is 0 Å². The third-order valence-corrected chi connectivity index (χ3v) is 3.19. The van der Waals surface area contributed by atoms with Crippen molar-refractivity contribution in [2.75, 3.05) is 5.32 Å². The number of nitrogens with one attached hydrogen (secondary N) is 1. The molecule has 1 aromatic heterocycles. The second-order valence-corrected chi connectivity index (χ2v) is 4.78. The normalized spacial score (nSPS) is 11.3. The quantitative estimate of drug-likeness (QED) is 0.867. The number of aromatic nitrogens is 1. The van der Waals surface area contributed by atoms with Crippen LogP contribution in [0.25, 0.3) is 0 Å². The summed E-state index contributed by atoms with van der Waals surface area (Å²) in [7, 11) is 0. The maximum atomic E-state index is 12.9. The molecule has 0 aliphatic rings. The monoisotopic (exact) mass is 334 g/mol. The van der Waals surface area contributed by atoms with Crippen molar-refractivity contribution < 1.29 is 18.0 Å². The summed E-state index contributed by atoms with van der Waals surface area (Å²) in [6, 6.07) is 4.53. The van der Waals surface area contributed by atoms with Crippen molar-refractivity contribution in [2.24, 2.45) is 0 Å². The molecule has 0 bridgehead atoms. The van der Waals surface area contributed by atoms with E-state index < -0.39 is 23.3 Å². The molecule has 1 aromatic carbocycles. The Balaban J connectivity index is 2.41. The molecule has 0 atom stereocenters. The zero-order chi connectivity index (χ0) is 15.6. The van der Waals surface area contributed by atoms with Crippen LogP contribution in [0.1, 0.15) is 15.9 Å². The molecule has 0 saturated heterocycles. The van der Waals surface area contributed by atoms with Gasteiger partial charge in [0.1, 0.15) is 0 Å². The van der Waals surface area contributed by atoms with Gasteiger partial charge < -0.3 is 5.32 Å². The van der Waals surface area contributed by atoms with Gasteiger partial charge in [-0.3, -0.25) is 9.78 Å². The Bertz CT molecular complexity index is 689. The first-order valence-corrected chi connectivity index (χ1v) is 6.33. The first-order chi connectivity index (χ1) is 9.80. The van der Waals surface area contributed by atoms with E-state index in [0.717, 1.165) is 12.1 Å². The summed E-state index contributed by atoms with van der Waals surface area (Å²) in [4.78, 5) is 15.7. The van der Waals surface area contributed by atoms with Crippen LogP contribution in [0.2, 0.25) is 10.0 Å². The fraction of sp³-hybridized carbons (Fsp3) is 0.0769. The lowest BCUT2D eigenvalue weighted by molar-refractivity contribution is -0.136. The molecular weight excluding hydrogens is 328 g/mol. The van der Waals surface area contributed by atoms with E-state index in [0.29, 0.717) is 0 Å². The predicted molar refractivity (Wildman–Crippen MR) is 73.7 cm³/mol. The van der Waals surface area contributed by atoms with Gasteiger partial charge in [-0.05, 0) is 18.2 Å². The highest BCUT2D eigenvalue weighted by Crippen LogP contribution is 2.38. The van der Waals surface area contributed by atoms with E-state index in [1.165, 1.54) is 24.5 Å². The first-order valence-electron chi connectivity index (χ1n) is 5.57. The topological polar surface area (TPSA) is 42.0 Å². The molecule has 8 heteroatoms. The number of alkyl halides is 3. The molecule has 0 aliphatic carbocycles. The second-order valence-electron chi connectivity index (χ2n) is 3.97. The molecular formula is C13H7Cl2F3N2O. The van der Waals surface area contributed by atoms with Crippen LogP contribution in [0.4, 0.5) is 18.9 Å². The maximum Gasteiger partial charge on any atom is 0.418 e. The second kappa shape index (κ2) is 5.91. The van der Waals surface area contributed by atoms with Crippen molar-refractivity contribution in [3.8, 4) is 0 Å². The highest BCUT2D eigenvalue weighted by molar-refractivity contribution is 6.36. The van der Waals surface area contributed by atoms with Gasteiger partial charge in [-0.1, -0.05) is 29.3 Å². The number of halogens is 5. The van der Waals surface area contributed by atoms with E-state index in [9.17, 15) is 18.0 Å². The summed E-state index contributed by atoms with van der Waals surface area (Å²) in [5.41, 5.74) is -1.54. The van der Waals surface area contributed by atoms with E-state index in [-0.39, 0.29) is 15.6 Å². The van der Waals surface area contributed by atoms with Gasteiger partial charge in [-0.15, -0.1) is 0 Å². The van der Waals surface area contributed by atoms with E-state index in [1.54, 1.807) is 0 Å². The zero-order valence-corrected chi connectivity index (χ0v) is 11.7. The van der Waals surface area contributed by atoms with Crippen LogP contribution in [0.5, 0.6) is 0 Å². The summed E-state index contributed by atoms with van der Waals surface area (Å²) < 4.78 is 38.7. The molecule has 21 heavy (non-hydrogen) atoms. The Kier molecular flexibility index (Phi) is 4.39. The Labute approximate surface area is 127 Å². The molecule has 1 N–H and O–H groups in total. The molecule has 3 nitrogen and oxygen atoms in total. The average molecular weight is 335 g/mol. The van der Waals surface area contributed by atoms with Gasteiger partial charge in [0.15, 0.2) is 0 Å². The number of anilines is 1. The van der Waals surface area contributed by atoms with Gasteiger partial charge in [0.05, 0.1) is 26.9 Å². The van der Waals surface area contributed by atoms with Crippen molar-refractivity contribution >= 4 is 34.8 Å². The number of amides is 1. The molecule has 2 rings (SSSR count). The summed E-state index contributed by atoms with van der Waals surface area (Å²) >= 11 is 11.5. The molecule has 1 amide bonds. The van der Waals surface area contributed by atoms with Gasteiger partial charge in [-0.25, -0.2) is 0 Å². The van der Waals surface area contributed by atoms with Crippen LogP contribution in [-0.2, 0) is 6.18 Å². The lowest BCUT2D eigenvalue weighted by Crippen LogP contribution is -2.17. The number of carbonyl (C=O) groups excluding carboxylic acids is 1. The number of carbonyl (C=O) groups is 1. The maximum absolute atomic E-state index is 12.9. The molecule has 1 heterocycles. The highest BCUT2D eigenvalue weighted by atomic mass is 35.5. The van der Waals surface area contributed by atoms with E-state index in [2.05, 4.69) is 10.3 Å². The Hall–Kier alpha value is -1.79. The third-order valence-electron chi connectivity index (χ3n) is 2.57. The van der Waals surface area contributed by atoms with Crippen molar-refractivity contribution in [2.45, 2.75) is 6.18 Å². The van der Waals surface area contributed by atoms with Gasteiger partial charge in [-0.2, -0.15) is 13.2 Å². The van der Waals surface area contributed by atoms with Crippen molar-refractivity contribution in [1.29, 1.82) is 0 Å². The number of nitrogens with zero attached hydrogens (tertiary/aromatic N) is 1. The number of hydrogen-bond acceptors (Lipinski definition) is 2. The number of rotatable bonds is 2. The van der Waals surface area contributed by atoms with E-state index in [4.69, 9.17) is 23.2 Å². The fourth-order valence-corrected chi connectivity index (χ4v) is 2.05. The molecule has 0 saturated carbocycles. The van der Waals surface area contributed by atoms with Crippen LogP contribution in [-0.4, -0.2) is 10.9 Å². The fourth-order valence-electron chi connectivity index (χ4n) is 1.63. The molecule has 0 fully saturated rings. The Morgan fingerprint density at radius 2 is 1.86 bits per heavy atom. The zero-order valence-electron chi connectivity index (χ0n) is 10.2. The molecule has 0 radical (unpaired) electrons. The summed E-state index contributed by atoms with van der Waals surface area (Å²) in [5, 5.41) is 1.94. The smallest absolute Gasteiger partial charge is 0.320 e. The minimum Gasteiger partial charge on any atom is -0.320 e. The minimum absolute atomic E-state index is 0.000268. The van der Waals surface area contributed by atoms with Crippen LogP contribution in [0.3, 0.4) is 0 Å². The van der Waals surface area contributed by atoms with Crippen molar-refractivity contribution in [3.05, 3.63) is 57.8 Å². The molecule has 0 unspecified atom stereocenters. The van der Waals surface area contributed by atoms with Crippen molar-refractivity contribution in [1.82, 2.24) is 4.98 Å². The van der Waals surface area contributed by atoms with E-state index in [1.807, 2.05) is 0 Å².